The molecule has 0 spiro atoms. The molecule has 1 amide bonds. The third-order valence-corrected chi connectivity index (χ3v) is 4.05. The second-order valence-electron chi connectivity index (χ2n) is 5.98. The smallest absolute Gasteiger partial charge is 0.254 e. The Bertz CT molecular complexity index is 681. The standard InChI is InChI=1S/C17H19FN2O2/c1-11(2)14-10-16(22-19-14)15-7-4-8-20(15)17(21)12-5-3-6-13(18)9-12/h3,5-6,9-11,15H,4,7-8H2,1-2H3. The molecule has 0 saturated carbocycles. The summed E-state index contributed by atoms with van der Waals surface area (Å²) in [6.45, 7) is 4.75. The van der Waals surface area contributed by atoms with Crippen LogP contribution in [0, 0.1) is 5.82 Å². The summed E-state index contributed by atoms with van der Waals surface area (Å²) in [5.41, 5.74) is 1.26. The predicted molar refractivity (Wildman–Crippen MR) is 80.0 cm³/mol. The molecule has 5 heteroatoms. The van der Waals surface area contributed by atoms with Crippen LogP contribution in [0.1, 0.15) is 60.5 Å². The molecule has 116 valence electrons. The molecule has 0 radical (unpaired) electrons. The Morgan fingerprint density at radius 2 is 2.23 bits per heavy atom. The first-order chi connectivity index (χ1) is 10.6. The van der Waals surface area contributed by atoms with E-state index < -0.39 is 5.82 Å². The van der Waals surface area contributed by atoms with Crippen LogP contribution in [0.25, 0.3) is 0 Å². The average molecular weight is 302 g/mol. The molecule has 0 aliphatic carbocycles. The van der Waals surface area contributed by atoms with Crippen molar-refractivity contribution in [1.29, 1.82) is 0 Å². The lowest BCUT2D eigenvalue weighted by Crippen LogP contribution is -2.30. The first-order valence-corrected chi connectivity index (χ1v) is 7.59. The van der Waals surface area contributed by atoms with Gasteiger partial charge in [-0.1, -0.05) is 25.1 Å². The van der Waals surface area contributed by atoms with Gasteiger partial charge in [0.15, 0.2) is 5.76 Å². The van der Waals surface area contributed by atoms with E-state index in [4.69, 9.17) is 4.52 Å². The number of carbonyl (C=O) groups is 1. The average Bonchev–Trinajstić information content (AvgIpc) is 3.15. The number of rotatable bonds is 3. The first kappa shape index (κ1) is 14.8. The molecule has 1 fully saturated rings. The molecule has 1 unspecified atom stereocenters. The molecule has 4 nitrogen and oxygen atoms in total. The predicted octanol–water partition coefficient (Wildman–Crippen LogP) is 3.91. The number of benzene rings is 1. The van der Waals surface area contributed by atoms with Gasteiger partial charge in [0.2, 0.25) is 0 Å². The fourth-order valence-corrected chi connectivity index (χ4v) is 2.83. The number of nitrogens with zero attached hydrogens (tertiary/aromatic N) is 2. The van der Waals surface area contributed by atoms with Gasteiger partial charge >= 0.3 is 0 Å². The summed E-state index contributed by atoms with van der Waals surface area (Å²) in [4.78, 5) is 14.4. The molecule has 2 aromatic rings. The van der Waals surface area contributed by atoms with Crippen LogP contribution in [-0.4, -0.2) is 22.5 Å². The Kier molecular flexibility index (Phi) is 3.96. The molecule has 1 aliphatic rings. The van der Waals surface area contributed by atoms with Gasteiger partial charge in [-0.15, -0.1) is 0 Å². The van der Waals surface area contributed by atoms with Crippen molar-refractivity contribution in [2.75, 3.05) is 6.54 Å². The summed E-state index contributed by atoms with van der Waals surface area (Å²) in [7, 11) is 0. The molecule has 1 atom stereocenters. The lowest BCUT2D eigenvalue weighted by molar-refractivity contribution is 0.0714. The fraction of sp³-hybridized carbons (Fsp3) is 0.412. The molecular weight excluding hydrogens is 283 g/mol. The summed E-state index contributed by atoms with van der Waals surface area (Å²) >= 11 is 0. The van der Waals surface area contributed by atoms with Crippen molar-refractivity contribution >= 4 is 5.91 Å². The molecule has 1 aliphatic heterocycles. The molecular formula is C17H19FN2O2. The van der Waals surface area contributed by atoms with Gasteiger partial charge in [-0.3, -0.25) is 4.79 Å². The third-order valence-electron chi connectivity index (χ3n) is 4.05. The number of hydrogen-bond acceptors (Lipinski definition) is 3. The van der Waals surface area contributed by atoms with Crippen LogP contribution in [0.3, 0.4) is 0 Å². The summed E-state index contributed by atoms with van der Waals surface area (Å²) in [6, 6.07) is 7.61. The highest BCUT2D eigenvalue weighted by Crippen LogP contribution is 2.34. The Morgan fingerprint density at radius 3 is 2.91 bits per heavy atom. The maximum Gasteiger partial charge on any atom is 0.254 e. The van der Waals surface area contributed by atoms with Crippen LogP contribution in [0.5, 0.6) is 0 Å². The van der Waals surface area contributed by atoms with E-state index in [1.54, 1.807) is 17.0 Å². The highest BCUT2D eigenvalue weighted by Gasteiger charge is 2.33. The summed E-state index contributed by atoms with van der Waals surface area (Å²) in [5, 5.41) is 4.07. The Balaban J connectivity index is 1.84. The van der Waals surface area contributed by atoms with E-state index in [1.165, 1.54) is 12.1 Å². The normalized spacial score (nSPS) is 18.2. The van der Waals surface area contributed by atoms with Crippen molar-refractivity contribution < 1.29 is 13.7 Å². The van der Waals surface area contributed by atoms with Gasteiger partial charge in [0, 0.05) is 18.2 Å². The summed E-state index contributed by atoms with van der Waals surface area (Å²) in [5.74, 6) is 0.435. The monoisotopic (exact) mass is 302 g/mol. The van der Waals surface area contributed by atoms with Gasteiger partial charge in [0.25, 0.3) is 5.91 Å². The van der Waals surface area contributed by atoms with Crippen LogP contribution in [0.4, 0.5) is 4.39 Å². The molecule has 2 heterocycles. The minimum Gasteiger partial charge on any atom is -0.359 e. The zero-order chi connectivity index (χ0) is 15.7. The maximum absolute atomic E-state index is 13.3. The molecule has 1 saturated heterocycles. The van der Waals surface area contributed by atoms with Crippen molar-refractivity contribution in [3.05, 3.63) is 53.2 Å². The van der Waals surface area contributed by atoms with E-state index in [0.29, 0.717) is 17.9 Å². The van der Waals surface area contributed by atoms with Crippen molar-refractivity contribution in [3.63, 3.8) is 0 Å². The number of likely N-dealkylation sites (tertiary alicyclic amines) is 1. The number of halogens is 1. The lowest BCUT2D eigenvalue weighted by atomic mass is 10.1. The topological polar surface area (TPSA) is 46.3 Å². The largest absolute Gasteiger partial charge is 0.359 e. The zero-order valence-electron chi connectivity index (χ0n) is 12.8. The van der Waals surface area contributed by atoms with Gasteiger partial charge in [0.1, 0.15) is 5.82 Å². The summed E-state index contributed by atoms with van der Waals surface area (Å²) in [6.07, 6.45) is 1.75. The minimum absolute atomic E-state index is 0.115. The number of amides is 1. The van der Waals surface area contributed by atoms with E-state index in [0.717, 1.165) is 18.5 Å². The van der Waals surface area contributed by atoms with Gasteiger partial charge in [-0.05, 0) is 37.0 Å². The van der Waals surface area contributed by atoms with Crippen LogP contribution >= 0.6 is 0 Å². The van der Waals surface area contributed by atoms with Crippen molar-refractivity contribution in [2.24, 2.45) is 0 Å². The van der Waals surface area contributed by atoms with E-state index in [9.17, 15) is 9.18 Å². The SMILES string of the molecule is CC(C)c1cc(C2CCCN2C(=O)c2cccc(F)c2)on1. The Morgan fingerprint density at radius 1 is 1.41 bits per heavy atom. The van der Waals surface area contributed by atoms with Gasteiger partial charge in [-0.25, -0.2) is 4.39 Å². The number of carbonyl (C=O) groups excluding carboxylic acids is 1. The maximum atomic E-state index is 13.3. The van der Waals surface area contributed by atoms with Gasteiger partial charge in [0.05, 0.1) is 11.7 Å². The minimum atomic E-state index is -0.400. The van der Waals surface area contributed by atoms with Crippen molar-refractivity contribution in [3.8, 4) is 0 Å². The molecule has 0 N–H and O–H groups in total. The molecule has 0 bridgehead atoms. The van der Waals surface area contributed by atoms with Crippen LogP contribution in [-0.2, 0) is 0 Å². The van der Waals surface area contributed by atoms with Crippen molar-refractivity contribution in [1.82, 2.24) is 10.1 Å². The quantitative estimate of drug-likeness (QED) is 0.863. The van der Waals surface area contributed by atoms with Gasteiger partial charge < -0.3 is 9.42 Å². The molecule has 22 heavy (non-hydrogen) atoms. The Labute approximate surface area is 128 Å². The van der Waals surface area contributed by atoms with Crippen LogP contribution < -0.4 is 0 Å². The van der Waals surface area contributed by atoms with Crippen molar-refractivity contribution in [2.45, 2.75) is 38.6 Å². The van der Waals surface area contributed by atoms with E-state index in [-0.39, 0.29) is 17.9 Å². The Hall–Kier alpha value is -2.17. The van der Waals surface area contributed by atoms with Gasteiger partial charge in [-0.2, -0.15) is 0 Å². The highest BCUT2D eigenvalue weighted by atomic mass is 19.1. The lowest BCUT2D eigenvalue weighted by Gasteiger charge is -2.22. The third kappa shape index (κ3) is 2.75. The molecule has 1 aromatic heterocycles. The van der Waals surface area contributed by atoms with Crippen LogP contribution in [0.15, 0.2) is 34.9 Å². The molecule has 1 aromatic carbocycles. The zero-order valence-corrected chi connectivity index (χ0v) is 12.8. The fourth-order valence-electron chi connectivity index (χ4n) is 2.83. The number of aromatic nitrogens is 1. The summed E-state index contributed by atoms with van der Waals surface area (Å²) < 4.78 is 18.8. The van der Waals surface area contributed by atoms with E-state index in [1.807, 2.05) is 19.9 Å². The van der Waals surface area contributed by atoms with E-state index in [2.05, 4.69) is 5.16 Å². The van der Waals surface area contributed by atoms with Crippen LogP contribution in [0.2, 0.25) is 0 Å². The number of hydrogen-bond donors (Lipinski definition) is 0. The van der Waals surface area contributed by atoms with E-state index >= 15 is 0 Å². The molecule has 3 rings (SSSR count). The first-order valence-electron chi connectivity index (χ1n) is 7.59. The highest BCUT2D eigenvalue weighted by molar-refractivity contribution is 5.94. The second kappa shape index (κ2) is 5.91. The second-order valence-corrected chi connectivity index (χ2v) is 5.98.